The summed E-state index contributed by atoms with van der Waals surface area (Å²) in [5.41, 5.74) is 1.83. The SMILES string of the molecule is Fc1ccc(Cl)c(NC2=NC(Cc3ccccc3)CS2)c1. The second-order valence-electron chi connectivity index (χ2n) is 4.84. The van der Waals surface area contributed by atoms with E-state index in [9.17, 15) is 4.39 Å². The fourth-order valence-corrected chi connectivity index (χ4v) is 3.30. The first-order valence-corrected chi connectivity index (χ1v) is 8.03. The van der Waals surface area contributed by atoms with Crippen molar-refractivity contribution in [3.63, 3.8) is 0 Å². The number of anilines is 1. The van der Waals surface area contributed by atoms with Crippen LogP contribution in [0, 0.1) is 5.82 Å². The van der Waals surface area contributed by atoms with Crippen molar-refractivity contribution in [3.05, 3.63) is 64.9 Å². The van der Waals surface area contributed by atoms with Crippen molar-refractivity contribution in [1.29, 1.82) is 0 Å². The highest BCUT2D eigenvalue weighted by Gasteiger charge is 2.19. The predicted octanol–water partition coefficient (Wildman–Crippen LogP) is 4.61. The number of hydrogen-bond acceptors (Lipinski definition) is 3. The van der Waals surface area contributed by atoms with Crippen molar-refractivity contribution in [2.75, 3.05) is 11.1 Å². The van der Waals surface area contributed by atoms with Gasteiger partial charge in [-0.1, -0.05) is 53.7 Å². The average molecular weight is 321 g/mol. The molecule has 0 saturated heterocycles. The van der Waals surface area contributed by atoms with E-state index in [2.05, 4.69) is 22.4 Å². The van der Waals surface area contributed by atoms with Gasteiger partial charge in [-0.05, 0) is 30.2 Å². The summed E-state index contributed by atoms with van der Waals surface area (Å²) < 4.78 is 13.2. The first-order chi connectivity index (χ1) is 10.2. The number of rotatable bonds is 3. The first-order valence-electron chi connectivity index (χ1n) is 6.67. The van der Waals surface area contributed by atoms with Gasteiger partial charge in [0.2, 0.25) is 0 Å². The Morgan fingerprint density at radius 2 is 2.05 bits per heavy atom. The topological polar surface area (TPSA) is 24.4 Å². The molecule has 108 valence electrons. The van der Waals surface area contributed by atoms with Gasteiger partial charge in [0.25, 0.3) is 0 Å². The molecular formula is C16H14ClFN2S. The number of aliphatic imine (C=N–C) groups is 1. The number of thioether (sulfide) groups is 1. The summed E-state index contributed by atoms with van der Waals surface area (Å²) in [7, 11) is 0. The Bertz CT molecular complexity index is 661. The third-order valence-electron chi connectivity index (χ3n) is 3.20. The van der Waals surface area contributed by atoms with Crippen LogP contribution in [0.1, 0.15) is 5.56 Å². The third-order valence-corrected chi connectivity index (χ3v) is 4.56. The Kier molecular flexibility index (Phi) is 4.46. The van der Waals surface area contributed by atoms with Crippen molar-refractivity contribution in [2.45, 2.75) is 12.5 Å². The number of amidine groups is 1. The molecular weight excluding hydrogens is 307 g/mol. The maximum Gasteiger partial charge on any atom is 0.161 e. The van der Waals surface area contributed by atoms with Gasteiger partial charge in [-0.3, -0.25) is 4.99 Å². The number of nitrogens with zero attached hydrogens (tertiary/aromatic N) is 1. The summed E-state index contributed by atoms with van der Waals surface area (Å²) in [6.45, 7) is 0. The quantitative estimate of drug-likeness (QED) is 0.893. The smallest absolute Gasteiger partial charge is 0.161 e. The van der Waals surface area contributed by atoms with Gasteiger partial charge in [-0.15, -0.1) is 0 Å². The Hall–Kier alpha value is -1.52. The molecule has 0 amide bonds. The van der Waals surface area contributed by atoms with Crippen LogP contribution in [-0.4, -0.2) is 17.0 Å². The van der Waals surface area contributed by atoms with Crippen molar-refractivity contribution in [2.24, 2.45) is 4.99 Å². The molecule has 1 N–H and O–H groups in total. The van der Waals surface area contributed by atoms with Gasteiger partial charge in [0.05, 0.1) is 16.8 Å². The van der Waals surface area contributed by atoms with E-state index in [1.807, 2.05) is 18.2 Å². The summed E-state index contributed by atoms with van der Waals surface area (Å²) in [5, 5.41) is 4.39. The molecule has 5 heteroatoms. The minimum atomic E-state index is -0.314. The van der Waals surface area contributed by atoms with Crippen molar-refractivity contribution in [1.82, 2.24) is 0 Å². The van der Waals surface area contributed by atoms with Crippen LogP contribution in [0.5, 0.6) is 0 Å². The molecule has 2 aromatic carbocycles. The summed E-state index contributed by atoms with van der Waals surface area (Å²) >= 11 is 7.68. The molecule has 2 nitrogen and oxygen atoms in total. The molecule has 0 saturated carbocycles. The maximum atomic E-state index is 13.2. The molecule has 0 aromatic heterocycles. The Morgan fingerprint density at radius 3 is 2.86 bits per heavy atom. The fourth-order valence-electron chi connectivity index (χ4n) is 2.18. The van der Waals surface area contributed by atoms with E-state index in [1.165, 1.54) is 17.7 Å². The molecule has 1 unspecified atom stereocenters. The molecule has 1 heterocycles. The van der Waals surface area contributed by atoms with E-state index in [0.29, 0.717) is 10.7 Å². The van der Waals surface area contributed by atoms with Crippen LogP contribution in [0.4, 0.5) is 10.1 Å². The molecule has 0 radical (unpaired) electrons. The van der Waals surface area contributed by atoms with Crippen LogP contribution in [-0.2, 0) is 6.42 Å². The lowest BCUT2D eigenvalue weighted by Crippen LogP contribution is -2.08. The second-order valence-corrected chi connectivity index (χ2v) is 6.25. The largest absolute Gasteiger partial charge is 0.334 e. The molecule has 3 rings (SSSR count). The second kappa shape index (κ2) is 6.50. The van der Waals surface area contributed by atoms with E-state index < -0.39 is 0 Å². The van der Waals surface area contributed by atoms with E-state index in [1.54, 1.807) is 17.8 Å². The minimum absolute atomic E-state index is 0.243. The van der Waals surface area contributed by atoms with Gasteiger partial charge in [0, 0.05) is 5.75 Å². The Labute approximate surface area is 132 Å². The summed E-state index contributed by atoms with van der Waals surface area (Å²) in [6, 6.07) is 14.8. The highest BCUT2D eigenvalue weighted by molar-refractivity contribution is 8.14. The van der Waals surface area contributed by atoms with Gasteiger partial charge in [0.15, 0.2) is 5.17 Å². The van der Waals surface area contributed by atoms with E-state index in [4.69, 9.17) is 11.6 Å². The van der Waals surface area contributed by atoms with E-state index >= 15 is 0 Å². The molecule has 2 aromatic rings. The van der Waals surface area contributed by atoms with Gasteiger partial charge in [-0.2, -0.15) is 0 Å². The molecule has 1 aliphatic heterocycles. The fraction of sp³-hybridized carbons (Fsp3) is 0.188. The van der Waals surface area contributed by atoms with Crippen LogP contribution in [0.2, 0.25) is 5.02 Å². The Morgan fingerprint density at radius 1 is 1.24 bits per heavy atom. The lowest BCUT2D eigenvalue weighted by atomic mass is 10.1. The Balaban J connectivity index is 1.67. The number of benzene rings is 2. The zero-order valence-electron chi connectivity index (χ0n) is 11.2. The normalized spacial score (nSPS) is 17.6. The first kappa shape index (κ1) is 14.4. The van der Waals surface area contributed by atoms with Crippen molar-refractivity contribution >= 4 is 34.2 Å². The summed E-state index contributed by atoms with van der Waals surface area (Å²) in [4.78, 5) is 4.64. The monoisotopic (exact) mass is 320 g/mol. The van der Waals surface area contributed by atoms with Crippen molar-refractivity contribution < 1.29 is 4.39 Å². The van der Waals surface area contributed by atoms with Crippen LogP contribution in [0.25, 0.3) is 0 Å². The van der Waals surface area contributed by atoms with Crippen LogP contribution in [0.15, 0.2) is 53.5 Å². The van der Waals surface area contributed by atoms with E-state index in [-0.39, 0.29) is 11.9 Å². The molecule has 1 aliphatic rings. The predicted molar refractivity (Wildman–Crippen MR) is 88.9 cm³/mol. The van der Waals surface area contributed by atoms with Gasteiger partial charge in [-0.25, -0.2) is 4.39 Å². The van der Waals surface area contributed by atoms with Gasteiger partial charge in [0.1, 0.15) is 5.82 Å². The zero-order valence-corrected chi connectivity index (χ0v) is 12.8. The molecule has 0 spiro atoms. The minimum Gasteiger partial charge on any atom is -0.334 e. The lowest BCUT2D eigenvalue weighted by Gasteiger charge is -2.07. The lowest BCUT2D eigenvalue weighted by molar-refractivity contribution is 0.628. The summed E-state index contributed by atoms with van der Waals surface area (Å²) in [6.07, 6.45) is 0.913. The molecule has 1 atom stereocenters. The highest BCUT2D eigenvalue weighted by atomic mass is 35.5. The zero-order chi connectivity index (χ0) is 14.7. The van der Waals surface area contributed by atoms with Crippen LogP contribution in [0.3, 0.4) is 0 Å². The number of halogens is 2. The van der Waals surface area contributed by atoms with E-state index in [0.717, 1.165) is 17.3 Å². The molecule has 0 aliphatic carbocycles. The summed E-state index contributed by atoms with van der Waals surface area (Å²) in [5.74, 6) is 0.607. The standard InChI is InChI=1S/C16H14ClFN2S/c17-14-7-6-12(18)9-15(14)20-16-19-13(10-21-16)8-11-4-2-1-3-5-11/h1-7,9,13H,8,10H2,(H,19,20). The molecule has 0 bridgehead atoms. The van der Waals surface area contributed by atoms with Gasteiger partial charge >= 0.3 is 0 Å². The molecule has 0 fully saturated rings. The molecule has 21 heavy (non-hydrogen) atoms. The van der Waals surface area contributed by atoms with Gasteiger partial charge < -0.3 is 5.32 Å². The maximum absolute atomic E-state index is 13.2. The average Bonchev–Trinajstić information content (AvgIpc) is 2.91. The third kappa shape index (κ3) is 3.77. The number of hydrogen-bond donors (Lipinski definition) is 1. The van der Waals surface area contributed by atoms with Crippen LogP contribution >= 0.6 is 23.4 Å². The van der Waals surface area contributed by atoms with Crippen molar-refractivity contribution in [3.8, 4) is 0 Å². The number of nitrogens with one attached hydrogen (secondary N) is 1. The highest BCUT2D eigenvalue weighted by Crippen LogP contribution is 2.27. The van der Waals surface area contributed by atoms with Crippen LogP contribution < -0.4 is 5.32 Å².